The predicted molar refractivity (Wildman–Crippen MR) is 116 cm³/mol. The number of nitrogens with one attached hydrogen (secondary N) is 2. The number of hydrogen-bond acceptors (Lipinski definition) is 6. The number of guanidine groups is 1. The minimum absolute atomic E-state index is 0.129. The van der Waals surface area contributed by atoms with Gasteiger partial charge < -0.3 is 19.7 Å². The molecule has 0 bridgehead atoms. The van der Waals surface area contributed by atoms with E-state index in [1.807, 2.05) is 37.1 Å². The zero-order valence-electron chi connectivity index (χ0n) is 17.8. The van der Waals surface area contributed by atoms with Crippen molar-refractivity contribution in [2.45, 2.75) is 18.4 Å². The Hall–Kier alpha value is -2.85. The molecule has 0 aliphatic rings. The Bertz CT molecular complexity index is 935. The fourth-order valence-electron chi connectivity index (χ4n) is 2.71. The van der Waals surface area contributed by atoms with Crippen molar-refractivity contribution < 1.29 is 17.9 Å². The molecule has 0 atom stereocenters. The first-order chi connectivity index (χ1) is 14.4. The molecule has 0 saturated heterocycles. The Kier molecular flexibility index (Phi) is 8.88. The lowest BCUT2D eigenvalue weighted by molar-refractivity contribution is 0.382. The van der Waals surface area contributed by atoms with E-state index in [0.717, 1.165) is 17.1 Å². The highest BCUT2D eigenvalue weighted by atomic mass is 32.2. The maximum atomic E-state index is 12.3. The van der Waals surface area contributed by atoms with Crippen LogP contribution >= 0.6 is 0 Å². The molecule has 2 N–H and O–H groups in total. The predicted octanol–water partition coefficient (Wildman–Crippen LogP) is 1.47. The summed E-state index contributed by atoms with van der Waals surface area (Å²) in [5, 5.41) is 3.22. The summed E-state index contributed by atoms with van der Waals surface area (Å²) in [4.78, 5) is 10.4. The number of aliphatic imine (C=N–C) groups is 1. The normalized spacial score (nSPS) is 11.8. The molecular formula is C20H29N5O4S. The van der Waals surface area contributed by atoms with Crippen LogP contribution in [-0.2, 0) is 16.6 Å². The van der Waals surface area contributed by atoms with Crippen molar-refractivity contribution in [3.05, 3.63) is 48.3 Å². The van der Waals surface area contributed by atoms with E-state index in [1.165, 1.54) is 18.5 Å². The molecule has 1 aromatic heterocycles. The van der Waals surface area contributed by atoms with Crippen LogP contribution in [0.15, 0.2) is 52.6 Å². The lowest BCUT2D eigenvalue weighted by Gasteiger charge is -2.23. The number of sulfonamides is 1. The highest BCUT2D eigenvalue weighted by Gasteiger charge is 2.14. The van der Waals surface area contributed by atoms with E-state index in [4.69, 9.17) is 9.47 Å². The number of hydrogen-bond donors (Lipinski definition) is 2. The van der Waals surface area contributed by atoms with Crippen LogP contribution in [0, 0.1) is 0 Å². The van der Waals surface area contributed by atoms with E-state index >= 15 is 0 Å². The van der Waals surface area contributed by atoms with Crippen molar-refractivity contribution in [1.82, 2.24) is 19.9 Å². The number of aromatic nitrogens is 1. The molecular weight excluding hydrogens is 406 g/mol. The molecule has 0 amide bonds. The van der Waals surface area contributed by atoms with Gasteiger partial charge in [-0.15, -0.1) is 0 Å². The quantitative estimate of drug-likeness (QED) is 0.331. The topological polar surface area (TPSA) is 105 Å². The van der Waals surface area contributed by atoms with Gasteiger partial charge in [0.25, 0.3) is 0 Å². The Morgan fingerprint density at radius 1 is 1.23 bits per heavy atom. The summed E-state index contributed by atoms with van der Waals surface area (Å²) >= 11 is 0. The van der Waals surface area contributed by atoms with Crippen LogP contribution in [0.3, 0.4) is 0 Å². The third-order valence-corrected chi connectivity index (χ3v) is 5.65. The largest absolute Gasteiger partial charge is 0.497 e. The van der Waals surface area contributed by atoms with E-state index in [-0.39, 0.29) is 18.0 Å². The highest BCUT2D eigenvalue weighted by Crippen LogP contribution is 2.25. The van der Waals surface area contributed by atoms with Gasteiger partial charge in [0.15, 0.2) is 5.96 Å². The van der Waals surface area contributed by atoms with Gasteiger partial charge in [0.05, 0.1) is 20.8 Å². The van der Waals surface area contributed by atoms with Crippen molar-refractivity contribution in [2.24, 2.45) is 4.99 Å². The van der Waals surface area contributed by atoms with Crippen LogP contribution in [0.2, 0.25) is 0 Å². The third-order valence-electron chi connectivity index (χ3n) is 4.21. The molecule has 0 saturated carbocycles. The van der Waals surface area contributed by atoms with E-state index in [1.54, 1.807) is 20.3 Å². The average Bonchev–Trinajstić information content (AvgIpc) is 2.76. The summed E-state index contributed by atoms with van der Waals surface area (Å²) in [6.45, 7) is 3.67. The molecule has 0 unspecified atom stereocenters. The van der Waals surface area contributed by atoms with Gasteiger partial charge in [0.2, 0.25) is 10.0 Å². The van der Waals surface area contributed by atoms with Crippen LogP contribution in [0.5, 0.6) is 11.5 Å². The first kappa shape index (κ1) is 23.4. The Morgan fingerprint density at radius 2 is 2.03 bits per heavy atom. The van der Waals surface area contributed by atoms with Crippen LogP contribution in [-0.4, -0.2) is 65.2 Å². The molecule has 0 spiro atoms. The zero-order valence-corrected chi connectivity index (χ0v) is 18.6. The summed E-state index contributed by atoms with van der Waals surface area (Å²) in [5.74, 6) is 2.11. The van der Waals surface area contributed by atoms with Gasteiger partial charge in [-0.25, -0.2) is 13.1 Å². The maximum Gasteiger partial charge on any atom is 0.242 e. The molecule has 0 radical (unpaired) electrons. The minimum atomic E-state index is -3.60. The van der Waals surface area contributed by atoms with Gasteiger partial charge in [0.1, 0.15) is 16.4 Å². The van der Waals surface area contributed by atoms with Gasteiger partial charge in [-0.2, -0.15) is 0 Å². The number of benzene rings is 1. The van der Waals surface area contributed by atoms with Crippen molar-refractivity contribution in [2.75, 3.05) is 40.9 Å². The molecule has 2 rings (SSSR count). The van der Waals surface area contributed by atoms with Crippen molar-refractivity contribution >= 4 is 16.0 Å². The molecule has 9 nitrogen and oxygen atoms in total. The Morgan fingerprint density at radius 3 is 2.67 bits per heavy atom. The van der Waals surface area contributed by atoms with Crippen molar-refractivity contribution in [3.63, 3.8) is 0 Å². The van der Waals surface area contributed by atoms with Gasteiger partial charge in [0, 0.05) is 50.7 Å². The van der Waals surface area contributed by atoms with Crippen molar-refractivity contribution in [3.8, 4) is 11.5 Å². The zero-order chi connectivity index (χ0) is 22.0. The van der Waals surface area contributed by atoms with Crippen molar-refractivity contribution in [1.29, 1.82) is 0 Å². The first-order valence-corrected chi connectivity index (χ1v) is 11.0. The van der Waals surface area contributed by atoms with Crippen LogP contribution in [0.25, 0.3) is 0 Å². The molecule has 0 aliphatic heterocycles. The second kappa shape index (κ2) is 11.4. The summed E-state index contributed by atoms with van der Waals surface area (Å²) < 4.78 is 37.7. The average molecular weight is 436 g/mol. The van der Waals surface area contributed by atoms with E-state index in [0.29, 0.717) is 19.0 Å². The van der Waals surface area contributed by atoms with Crippen LogP contribution in [0.4, 0.5) is 0 Å². The summed E-state index contributed by atoms with van der Waals surface area (Å²) in [7, 11) is 1.54. The van der Waals surface area contributed by atoms with Gasteiger partial charge in [-0.1, -0.05) is 0 Å². The smallest absolute Gasteiger partial charge is 0.242 e. The summed E-state index contributed by atoms with van der Waals surface area (Å²) in [5.41, 5.74) is 0.976. The first-order valence-electron chi connectivity index (χ1n) is 9.51. The molecule has 164 valence electrons. The SMILES string of the molecule is CCNC(=NCCNS(=O)(=O)c1cccnc1)N(C)Cc1ccc(OC)cc1OC. The fourth-order valence-corrected chi connectivity index (χ4v) is 3.70. The van der Waals surface area contributed by atoms with Gasteiger partial charge in [-0.3, -0.25) is 9.98 Å². The fraction of sp³-hybridized carbons (Fsp3) is 0.400. The number of ether oxygens (including phenoxy) is 2. The van der Waals surface area contributed by atoms with E-state index in [9.17, 15) is 8.42 Å². The van der Waals surface area contributed by atoms with Crippen LogP contribution in [0.1, 0.15) is 12.5 Å². The maximum absolute atomic E-state index is 12.3. The van der Waals surface area contributed by atoms with Gasteiger partial charge >= 0.3 is 0 Å². The summed E-state index contributed by atoms with van der Waals surface area (Å²) in [6, 6.07) is 8.74. The highest BCUT2D eigenvalue weighted by molar-refractivity contribution is 7.89. The minimum Gasteiger partial charge on any atom is -0.497 e. The lowest BCUT2D eigenvalue weighted by Crippen LogP contribution is -2.39. The summed E-state index contributed by atoms with van der Waals surface area (Å²) in [6.07, 6.45) is 2.84. The Labute approximate surface area is 178 Å². The molecule has 2 aromatic rings. The monoisotopic (exact) mass is 435 g/mol. The second-order valence-electron chi connectivity index (χ2n) is 6.36. The lowest BCUT2D eigenvalue weighted by atomic mass is 10.2. The number of nitrogens with zero attached hydrogens (tertiary/aromatic N) is 3. The second-order valence-corrected chi connectivity index (χ2v) is 8.12. The molecule has 1 heterocycles. The third kappa shape index (κ3) is 6.60. The Balaban J connectivity index is 2.01. The van der Waals surface area contributed by atoms with Crippen LogP contribution < -0.4 is 19.5 Å². The molecule has 30 heavy (non-hydrogen) atoms. The number of pyridine rings is 1. The van der Waals surface area contributed by atoms with Gasteiger partial charge in [-0.05, 0) is 31.2 Å². The number of rotatable bonds is 10. The molecule has 0 aliphatic carbocycles. The molecule has 1 aromatic carbocycles. The van der Waals surface area contributed by atoms with E-state index < -0.39 is 10.0 Å². The standard InChI is InChI=1S/C20H29N5O4S/c1-5-22-20(23-11-12-24-30(26,27)18-7-6-10-21-14-18)25(2)15-16-8-9-17(28-3)13-19(16)29-4/h6-10,13-14,24H,5,11-12,15H2,1-4H3,(H,22,23). The number of methoxy groups -OCH3 is 2. The molecule has 0 fully saturated rings. The molecule has 10 heteroatoms. The van der Waals surface area contributed by atoms with E-state index in [2.05, 4.69) is 20.0 Å².